The van der Waals surface area contributed by atoms with Crippen LogP contribution in [0, 0.1) is 0 Å². The van der Waals surface area contributed by atoms with Crippen molar-refractivity contribution in [3.63, 3.8) is 0 Å². The van der Waals surface area contributed by atoms with Gasteiger partial charge in [0.05, 0.1) is 12.5 Å². The van der Waals surface area contributed by atoms with Crippen LogP contribution in [0.4, 0.5) is 0 Å². The minimum atomic E-state index is -0.245. The van der Waals surface area contributed by atoms with E-state index in [-0.39, 0.29) is 5.38 Å². The lowest BCUT2D eigenvalue weighted by Crippen LogP contribution is -1.92. The van der Waals surface area contributed by atoms with Crippen LogP contribution in [0.15, 0.2) is 48.5 Å². The molecule has 102 valence electrons. The lowest BCUT2D eigenvalue weighted by molar-refractivity contribution is 0.414. The summed E-state index contributed by atoms with van der Waals surface area (Å²) in [5.41, 5.74) is 0.903. The third-order valence-electron chi connectivity index (χ3n) is 3.18. The summed E-state index contributed by atoms with van der Waals surface area (Å²) in [5.74, 6) is 0.735. The summed E-state index contributed by atoms with van der Waals surface area (Å²) in [4.78, 5) is 1.10. The molecule has 1 unspecified atom stereocenters. The van der Waals surface area contributed by atoms with E-state index in [1.165, 1.54) is 10.1 Å². The summed E-state index contributed by atoms with van der Waals surface area (Å²) >= 11 is 14.6. The Kier molecular flexibility index (Phi) is 3.88. The zero-order valence-corrected chi connectivity index (χ0v) is 13.1. The van der Waals surface area contributed by atoms with Crippen LogP contribution in [-0.2, 0) is 0 Å². The van der Waals surface area contributed by atoms with Gasteiger partial charge in [0.1, 0.15) is 5.75 Å². The maximum atomic E-state index is 6.59. The number of methoxy groups -OCH3 is 1. The highest BCUT2D eigenvalue weighted by atomic mass is 35.5. The van der Waals surface area contributed by atoms with Gasteiger partial charge in [0, 0.05) is 14.6 Å². The fraction of sp³-hybridized carbons (Fsp3) is 0.125. The molecule has 1 atom stereocenters. The van der Waals surface area contributed by atoms with E-state index in [0.29, 0.717) is 5.02 Å². The van der Waals surface area contributed by atoms with Crippen LogP contribution in [0.2, 0.25) is 5.02 Å². The zero-order chi connectivity index (χ0) is 14.1. The van der Waals surface area contributed by atoms with Crippen molar-refractivity contribution in [3.05, 3.63) is 64.0 Å². The first-order valence-corrected chi connectivity index (χ1v) is 7.78. The number of halogens is 2. The second kappa shape index (κ2) is 5.65. The second-order valence-corrected chi connectivity index (χ2v) is 6.40. The first-order valence-electron chi connectivity index (χ1n) is 6.15. The quantitative estimate of drug-likeness (QED) is 0.546. The first kappa shape index (κ1) is 13.7. The van der Waals surface area contributed by atoms with Crippen molar-refractivity contribution in [2.24, 2.45) is 0 Å². The number of fused-ring (bicyclic) bond motifs is 1. The Labute approximate surface area is 131 Å². The monoisotopic (exact) mass is 322 g/mol. The minimum absolute atomic E-state index is 0.245. The van der Waals surface area contributed by atoms with E-state index in [9.17, 15) is 0 Å². The maximum absolute atomic E-state index is 6.59. The second-order valence-electron chi connectivity index (χ2n) is 4.44. The predicted molar refractivity (Wildman–Crippen MR) is 87.5 cm³/mol. The summed E-state index contributed by atoms with van der Waals surface area (Å²) < 4.78 is 6.39. The van der Waals surface area contributed by atoms with Crippen LogP contribution in [0.3, 0.4) is 0 Å². The van der Waals surface area contributed by atoms with Gasteiger partial charge in [-0.25, -0.2) is 0 Å². The minimum Gasteiger partial charge on any atom is -0.497 e. The Hall–Kier alpha value is -1.22. The Balaban J connectivity index is 2.01. The van der Waals surface area contributed by atoms with Crippen LogP contribution in [0.25, 0.3) is 10.1 Å². The molecule has 0 spiro atoms. The lowest BCUT2D eigenvalue weighted by Gasteiger charge is -2.11. The molecule has 3 rings (SSSR count). The van der Waals surface area contributed by atoms with Gasteiger partial charge in [0.15, 0.2) is 0 Å². The molecular weight excluding hydrogens is 311 g/mol. The third-order valence-corrected chi connectivity index (χ3v) is 5.28. The standard InChI is InChI=1S/C16H12Cl2OS/c1-19-11-6-7-12(13(17)9-11)16(18)15-8-10-4-2-3-5-14(10)20-15/h2-9,16H,1H3. The van der Waals surface area contributed by atoms with Crippen LogP contribution in [0.1, 0.15) is 15.8 Å². The van der Waals surface area contributed by atoms with E-state index in [1.54, 1.807) is 24.5 Å². The van der Waals surface area contributed by atoms with Crippen LogP contribution in [-0.4, -0.2) is 7.11 Å². The van der Waals surface area contributed by atoms with E-state index in [1.807, 2.05) is 24.3 Å². The van der Waals surface area contributed by atoms with Crippen molar-refractivity contribution in [3.8, 4) is 5.75 Å². The fourth-order valence-corrected chi connectivity index (χ4v) is 3.91. The van der Waals surface area contributed by atoms with Gasteiger partial charge in [-0.1, -0.05) is 35.9 Å². The van der Waals surface area contributed by atoms with Crippen molar-refractivity contribution < 1.29 is 4.74 Å². The molecule has 20 heavy (non-hydrogen) atoms. The summed E-state index contributed by atoms with van der Waals surface area (Å²) in [6.45, 7) is 0. The number of rotatable bonds is 3. The van der Waals surface area contributed by atoms with Crippen molar-refractivity contribution in [2.75, 3.05) is 7.11 Å². The molecule has 1 heterocycles. The Morgan fingerprint density at radius 3 is 2.60 bits per heavy atom. The van der Waals surface area contributed by atoms with E-state index in [0.717, 1.165) is 16.2 Å². The highest BCUT2D eigenvalue weighted by Gasteiger charge is 2.17. The Morgan fingerprint density at radius 1 is 1.10 bits per heavy atom. The normalized spacial score (nSPS) is 12.6. The van der Waals surface area contributed by atoms with Crippen molar-refractivity contribution >= 4 is 44.6 Å². The van der Waals surface area contributed by atoms with Crippen LogP contribution in [0.5, 0.6) is 5.75 Å². The molecular formula is C16H12Cl2OS. The van der Waals surface area contributed by atoms with E-state index >= 15 is 0 Å². The van der Waals surface area contributed by atoms with Gasteiger partial charge in [0.25, 0.3) is 0 Å². The number of alkyl halides is 1. The first-order chi connectivity index (χ1) is 9.69. The molecule has 0 aliphatic heterocycles. The molecule has 0 saturated heterocycles. The molecule has 1 nitrogen and oxygen atoms in total. The number of hydrogen-bond acceptors (Lipinski definition) is 2. The largest absolute Gasteiger partial charge is 0.497 e. The molecule has 0 aliphatic rings. The number of hydrogen-bond donors (Lipinski definition) is 0. The Morgan fingerprint density at radius 2 is 1.90 bits per heavy atom. The number of thiophene rings is 1. The van der Waals surface area contributed by atoms with Gasteiger partial charge < -0.3 is 4.74 Å². The third kappa shape index (κ3) is 2.51. The topological polar surface area (TPSA) is 9.23 Å². The summed E-state index contributed by atoms with van der Waals surface area (Å²) in [5, 5.41) is 1.59. The van der Waals surface area contributed by atoms with Crippen molar-refractivity contribution in [1.29, 1.82) is 0 Å². The van der Waals surface area contributed by atoms with Crippen molar-refractivity contribution in [1.82, 2.24) is 0 Å². The van der Waals surface area contributed by atoms with Crippen molar-refractivity contribution in [2.45, 2.75) is 5.38 Å². The number of benzene rings is 2. The van der Waals surface area contributed by atoms with Gasteiger partial charge >= 0.3 is 0 Å². The van der Waals surface area contributed by atoms with E-state index in [2.05, 4.69) is 18.2 Å². The number of ether oxygens (including phenoxy) is 1. The van der Waals surface area contributed by atoms with Gasteiger partial charge in [-0.05, 0) is 35.2 Å². The molecule has 0 amide bonds. The maximum Gasteiger partial charge on any atom is 0.120 e. The average Bonchev–Trinajstić information content (AvgIpc) is 2.90. The summed E-state index contributed by atoms with van der Waals surface area (Å²) in [6, 6.07) is 16.0. The molecule has 0 bridgehead atoms. The van der Waals surface area contributed by atoms with Gasteiger partial charge in [-0.3, -0.25) is 0 Å². The zero-order valence-electron chi connectivity index (χ0n) is 10.8. The fourth-order valence-electron chi connectivity index (χ4n) is 2.12. The molecule has 0 fully saturated rings. The average molecular weight is 323 g/mol. The van der Waals surface area contributed by atoms with E-state index in [4.69, 9.17) is 27.9 Å². The molecule has 3 aromatic rings. The molecule has 0 N–H and O–H groups in total. The van der Waals surface area contributed by atoms with Crippen LogP contribution >= 0.6 is 34.5 Å². The van der Waals surface area contributed by atoms with Gasteiger partial charge in [-0.2, -0.15) is 0 Å². The highest BCUT2D eigenvalue weighted by Crippen LogP contribution is 2.40. The lowest BCUT2D eigenvalue weighted by atomic mass is 10.1. The predicted octanol–water partition coefficient (Wildman–Crippen LogP) is 5.89. The molecule has 0 radical (unpaired) electrons. The highest BCUT2D eigenvalue weighted by molar-refractivity contribution is 7.19. The summed E-state index contributed by atoms with van der Waals surface area (Å²) in [7, 11) is 1.62. The molecule has 1 aromatic heterocycles. The van der Waals surface area contributed by atoms with E-state index < -0.39 is 0 Å². The summed E-state index contributed by atoms with van der Waals surface area (Å²) in [6.07, 6.45) is 0. The molecule has 0 saturated carbocycles. The Bertz CT molecular complexity index is 718. The van der Waals surface area contributed by atoms with Gasteiger partial charge in [-0.15, -0.1) is 22.9 Å². The molecule has 0 aliphatic carbocycles. The molecule has 2 aromatic carbocycles. The SMILES string of the molecule is COc1ccc(C(Cl)c2cc3ccccc3s2)c(Cl)c1. The van der Waals surface area contributed by atoms with Crippen LogP contribution < -0.4 is 4.74 Å². The smallest absolute Gasteiger partial charge is 0.120 e. The molecule has 4 heteroatoms. The van der Waals surface area contributed by atoms with Gasteiger partial charge in [0.2, 0.25) is 0 Å².